The highest BCUT2D eigenvalue weighted by Crippen LogP contribution is 2.27. The van der Waals surface area contributed by atoms with Gasteiger partial charge in [-0.15, -0.1) is 35.1 Å². The highest BCUT2D eigenvalue weighted by Gasteiger charge is 2.23. The second-order valence-corrected chi connectivity index (χ2v) is 10.3. The molecule has 0 bridgehead atoms. The number of carbonyl (C=O) groups is 3. The fourth-order valence-electron chi connectivity index (χ4n) is 3.51. The van der Waals surface area contributed by atoms with Crippen molar-refractivity contribution in [2.75, 3.05) is 26.0 Å². The van der Waals surface area contributed by atoms with Crippen LogP contribution in [0.25, 0.3) is 0 Å². The number of aromatic nitrogens is 1. The molecule has 4 rings (SSSR count). The summed E-state index contributed by atoms with van der Waals surface area (Å²) in [5, 5.41) is 8.63. The number of anilines is 1. The number of likely N-dealkylation sites (N-methyl/N-ethyl adjacent to an activating group) is 1. The van der Waals surface area contributed by atoms with Gasteiger partial charge in [0.15, 0.2) is 5.01 Å². The van der Waals surface area contributed by atoms with Gasteiger partial charge in [-0.05, 0) is 30.8 Å². The molecule has 3 aromatic rings. The normalized spacial score (nSPS) is 12.9. The van der Waals surface area contributed by atoms with Gasteiger partial charge >= 0.3 is 0 Å². The molecule has 3 heterocycles. The SMILES string of the molecule is CNC(=O)c1cccc(CNC(=O)c2ccc(Cl)s2)c1NC(=O)c1nc2c(s1)CN(C)CC2.Cl. The number of hydrogen-bond donors (Lipinski definition) is 3. The van der Waals surface area contributed by atoms with E-state index in [1.807, 2.05) is 7.05 Å². The van der Waals surface area contributed by atoms with Gasteiger partial charge in [0.25, 0.3) is 17.7 Å². The molecule has 8 nitrogen and oxygen atoms in total. The molecule has 12 heteroatoms. The summed E-state index contributed by atoms with van der Waals surface area (Å²) in [6.07, 6.45) is 0.800. The molecule has 3 N–H and O–H groups in total. The molecule has 0 saturated carbocycles. The summed E-state index contributed by atoms with van der Waals surface area (Å²) in [5.74, 6) is -1.01. The molecular weight excluding hydrogens is 517 g/mol. The number of fused-ring (bicyclic) bond motifs is 1. The summed E-state index contributed by atoms with van der Waals surface area (Å²) in [7, 11) is 3.56. The average molecular weight is 540 g/mol. The molecule has 1 aliphatic heterocycles. The van der Waals surface area contributed by atoms with E-state index in [0.29, 0.717) is 31.0 Å². The average Bonchev–Trinajstić information content (AvgIpc) is 3.43. The van der Waals surface area contributed by atoms with Crippen molar-refractivity contribution in [3.05, 3.63) is 66.3 Å². The Morgan fingerprint density at radius 2 is 1.91 bits per heavy atom. The Hall–Kier alpha value is -2.50. The highest BCUT2D eigenvalue weighted by atomic mass is 35.5. The second kappa shape index (κ2) is 11.3. The monoisotopic (exact) mass is 539 g/mol. The largest absolute Gasteiger partial charge is 0.355 e. The van der Waals surface area contributed by atoms with Crippen LogP contribution in [0.2, 0.25) is 4.34 Å². The van der Waals surface area contributed by atoms with Crippen LogP contribution in [0, 0.1) is 0 Å². The van der Waals surface area contributed by atoms with Gasteiger partial charge in [0.1, 0.15) is 0 Å². The summed E-state index contributed by atoms with van der Waals surface area (Å²) < 4.78 is 0.520. The second-order valence-electron chi connectivity index (χ2n) is 7.54. The maximum atomic E-state index is 13.1. The molecule has 0 spiro atoms. The van der Waals surface area contributed by atoms with Crippen LogP contribution in [-0.2, 0) is 19.5 Å². The minimum atomic E-state index is -0.383. The maximum absolute atomic E-state index is 13.1. The number of para-hydroxylation sites is 1. The lowest BCUT2D eigenvalue weighted by molar-refractivity contribution is 0.0951. The smallest absolute Gasteiger partial charge is 0.284 e. The Labute approximate surface area is 216 Å². The number of hydrogen-bond acceptors (Lipinski definition) is 7. The first-order chi connectivity index (χ1) is 15.9. The molecule has 2 aromatic heterocycles. The summed E-state index contributed by atoms with van der Waals surface area (Å²) in [4.78, 5) is 46.3. The number of benzene rings is 1. The van der Waals surface area contributed by atoms with Crippen molar-refractivity contribution in [2.45, 2.75) is 19.5 Å². The summed E-state index contributed by atoms with van der Waals surface area (Å²) in [6, 6.07) is 8.39. The third kappa shape index (κ3) is 5.76. The molecule has 0 unspecified atom stereocenters. The van der Waals surface area contributed by atoms with E-state index < -0.39 is 0 Å². The van der Waals surface area contributed by atoms with Crippen LogP contribution in [0.1, 0.15) is 46.0 Å². The molecule has 0 saturated heterocycles. The number of carbonyl (C=O) groups excluding carboxylic acids is 3. The molecule has 0 fully saturated rings. The molecule has 0 atom stereocenters. The molecule has 1 aromatic carbocycles. The Morgan fingerprint density at radius 1 is 1.12 bits per heavy atom. The fourth-order valence-corrected chi connectivity index (χ4v) is 5.55. The number of nitrogens with one attached hydrogen (secondary N) is 3. The first-order valence-corrected chi connectivity index (χ1v) is 12.2. The van der Waals surface area contributed by atoms with Crippen LogP contribution in [0.4, 0.5) is 5.69 Å². The first kappa shape index (κ1) is 26.1. The van der Waals surface area contributed by atoms with Crippen LogP contribution in [0.5, 0.6) is 0 Å². The Morgan fingerprint density at radius 3 is 2.62 bits per heavy atom. The van der Waals surface area contributed by atoms with Gasteiger partial charge in [-0.2, -0.15) is 0 Å². The van der Waals surface area contributed by atoms with Crippen LogP contribution < -0.4 is 16.0 Å². The topological polar surface area (TPSA) is 103 Å². The number of nitrogens with zero attached hydrogens (tertiary/aromatic N) is 2. The molecule has 180 valence electrons. The third-order valence-electron chi connectivity index (χ3n) is 5.21. The molecule has 34 heavy (non-hydrogen) atoms. The molecule has 3 amide bonds. The van der Waals surface area contributed by atoms with Gasteiger partial charge in [-0.3, -0.25) is 14.4 Å². The maximum Gasteiger partial charge on any atom is 0.284 e. The van der Waals surface area contributed by atoms with Crippen molar-refractivity contribution < 1.29 is 14.4 Å². The van der Waals surface area contributed by atoms with Gasteiger partial charge < -0.3 is 20.9 Å². The lowest BCUT2D eigenvalue weighted by Gasteiger charge is -2.20. The van der Waals surface area contributed by atoms with E-state index in [9.17, 15) is 14.4 Å². The van der Waals surface area contributed by atoms with Crippen molar-refractivity contribution in [3.63, 3.8) is 0 Å². The van der Waals surface area contributed by atoms with E-state index in [-0.39, 0.29) is 36.7 Å². The fraction of sp³-hybridized carbons (Fsp3) is 0.273. The molecule has 0 aliphatic carbocycles. The Bertz CT molecular complexity index is 1230. The third-order valence-corrected chi connectivity index (χ3v) is 7.52. The van der Waals surface area contributed by atoms with Gasteiger partial charge in [0.2, 0.25) is 0 Å². The zero-order chi connectivity index (χ0) is 23.5. The van der Waals surface area contributed by atoms with Gasteiger partial charge in [0, 0.05) is 38.0 Å². The summed E-state index contributed by atoms with van der Waals surface area (Å²) in [6.45, 7) is 1.78. The summed E-state index contributed by atoms with van der Waals surface area (Å²) >= 11 is 8.46. The van der Waals surface area contributed by atoms with Gasteiger partial charge in [-0.25, -0.2) is 4.98 Å². The van der Waals surface area contributed by atoms with Gasteiger partial charge in [-0.1, -0.05) is 23.7 Å². The van der Waals surface area contributed by atoms with Crippen molar-refractivity contribution in [1.82, 2.24) is 20.5 Å². The zero-order valence-electron chi connectivity index (χ0n) is 18.4. The van der Waals surface area contributed by atoms with Crippen LogP contribution in [0.3, 0.4) is 0 Å². The molecule has 1 aliphatic rings. The standard InChI is InChI=1S/C22H22ClN5O3S2.ClH/c1-24-19(29)13-5-3-4-12(10-25-20(30)15-6-7-17(23)32-15)18(13)27-21(31)22-26-14-8-9-28(2)11-16(14)33-22;/h3-7H,8-11H2,1-2H3,(H,24,29)(H,25,30)(H,27,31);1H. The number of thiazole rings is 1. The van der Waals surface area contributed by atoms with Crippen molar-refractivity contribution in [2.24, 2.45) is 0 Å². The predicted octanol–water partition coefficient (Wildman–Crippen LogP) is 3.81. The van der Waals surface area contributed by atoms with E-state index in [4.69, 9.17) is 11.6 Å². The Balaban J connectivity index is 0.00000324. The number of amides is 3. The molecule has 0 radical (unpaired) electrons. The van der Waals surface area contributed by atoms with Crippen molar-refractivity contribution >= 4 is 70.1 Å². The quantitative estimate of drug-likeness (QED) is 0.441. The van der Waals surface area contributed by atoms with Gasteiger partial charge in [0.05, 0.1) is 26.2 Å². The number of thiophene rings is 1. The lowest BCUT2D eigenvalue weighted by Crippen LogP contribution is -2.26. The minimum Gasteiger partial charge on any atom is -0.355 e. The summed E-state index contributed by atoms with van der Waals surface area (Å²) in [5.41, 5.74) is 2.20. The van der Waals surface area contributed by atoms with E-state index in [0.717, 1.165) is 30.1 Å². The highest BCUT2D eigenvalue weighted by molar-refractivity contribution is 7.18. The lowest BCUT2D eigenvalue weighted by atomic mass is 10.1. The predicted molar refractivity (Wildman–Crippen MR) is 138 cm³/mol. The Kier molecular flexibility index (Phi) is 8.67. The van der Waals surface area contributed by atoms with Crippen molar-refractivity contribution in [1.29, 1.82) is 0 Å². The number of rotatable bonds is 6. The number of halogens is 2. The van der Waals surface area contributed by atoms with E-state index in [1.54, 1.807) is 30.3 Å². The van der Waals surface area contributed by atoms with E-state index >= 15 is 0 Å². The van der Waals surface area contributed by atoms with Crippen LogP contribution >= 0.6 is 46.7 Å². The van der Waals surface area contributed by atoms with Crippen LogP contribution in [-0.4, -0.2) is 48.2 Å². The van der Waals surface area contributed by atoms with E-state index in [1.165, 1.54) is 29.7 Å². The first-order valence-electron chi connectivity index (χ1n) is 10.2. The van der Waals surface area contributed by atoms with E-state index in [2.05, 4.69) is 25.8 Å². The molecular formula is C22H23Cl2N5O3S2. The van der Waals surface area contributed by atoms with Crippen molar-refractivity contribution in [3.8, 4) is 0 Å². The minimum absolute atomic E-state index is 0. The zero-order valence-corrected chi connectivity index (χ0v) is 21.6. The van der Waals surface area contributed by atoms with Crippen LogP contribution in [0.15, 0.2) is 30.3 Å².